The molecular weight excluding hydrogens is 372 g/mol. The largest absolute Gasteiger partial charge is 0.493 e. The predicted octanol–water partition coefficient (Wildman–Crippen LogP) is 4.27. The van der Waals surface area contributed by atoms with Crippen LogP contribution in [0.2, 0.25) is 0 Å². The number of hydrogen-bond donors (Lipinski definition) is 1. The highest BCUT2D eigenvalue weighted by molar-refractivity contribution is 9.10. The second-order valence-electron chi connectivity index (χ2n) is 5.04. The molecule has 0 bridgehead atoms. The van der Waals surface area contributed by atoms with Crippen LogP contribution in [0.3, 0.4) is 0 Å². The average molecular weight is 387 g/mol. The normalized spacial score (nSPS) is 10.5. The molecule has 1 amide bonds. The number of amides is 1. The third-order valence-electron chi connectivity index (χ3n) is 3.65. The molecule has 0 aliphatic carbocycles. The molecule has 24 heavy (non-hydrogen) atoms. The number of aromatic nitrogens is 1. The number of ether oxygens (including phenoxy) is 2. The molecule has 2 aromatic carbocycles. The molecule has 0 saturated carbocycles. The molecule has 1 heterocycles. The fourth-order valence-electron chi connectivity index (χ4n) is 2.45. The van der Waals surface area contributed by atoms with E-state index in [2.05, 4.69) is 26.2 Å². The Morgan fingerprint density at radius 2 is 1.88 bits per heavy atom. The first-order valence-corrected chi connectivity index (χ1v) is 7.99. The van der Waals surface area contributed by atoms with Crippen LogP contribution in [0.4, 0.5) is 5.69 Å². The summed E-state index contributed by atoms with van der Waals surface area (Å²) < 4.78 is 11.1. The van der Waals surface area contributed by atoms with Crippen LogP contribution < -0.4 is 14.8 Å². The molecule has 0 unspecified atom stereocenters. The van der Waals surface area contributed by atoms with Gasteiger partial charge in [-0.1, -0.05) is 12.1 Å². The standard InChI is InChI=1S/C18H15BrN2O3/c1-23-16-8-13(14(19)9-17(16)24-2)18(22)21-15-5-3-4-11-10-20-7-6-12(11)15/h3-10H,1-2H3,(H,21,22). The Balaban J connectivity index is 1.98. The number of halogens is 1. The first-order chi connectivity index (χ1) is 11.6. The van der Waals surface area contributed by atoms with E-state index in [1.165, 1.54) is 7.11 Å². The molecule has 0 radical (unpaired) electrons. The quantitative estimate of drug-likeness (QED) is 0.727. The van der Waals surface area contributed by atoms with Crippen molar-refractivity contribution in [1.82, 2.24) is 4.98 Å². The molecule has 0 spiro atoms. The minimum absolute atomic E-state index is 0.243. The molecule has 1 N–H and O–H groups in total. The Bertz CT molecular complexity index is 907. The second-order valence-corrected chi connectivity index (χ2v) is 5.90. The lowest BCUT2D eigenvalue weighted by Crippen LogP contribution is -2.13. The van der Waals surface area contributed by atoms with Crippen LogP contribution in [0.5, 0.6) is 11.5 Å². The fraction of sp³-hybridized carbons (Fsp3) is 0.111. The van der Waals surface area contributed by atoms with Gasteiger partial charge in [0, 0.05) is 33.3 Å². The first kappa shape index (κ1) is 16.3. The van der Waals surface area contributed by atoms with Gasteiger partial charge >= 0.3 is 0 Å². The number of pyridine rings is 1. The molecule has 0 saturated heterocycles. The van der Waals surface area contributed by atoms with Gasteiger partial charge in [0.2, 0.25) is 0 Å². The molecule has 0 aliphatic heterocycles. The second kappa shape index (κ2) is 6.88. The summed E-state index contributed by atoms with van der Waals surface area (Å²) in [6, 6.07) is 10.9. The zero-order valence-electron chi connectivity index (χ0n) is 13.2. The van der Waals surface area contributed by atoms with Gasteiger partial charge in [-0.3, -0.25) is 9.78 Å². The third kappa shape index (κ3) is 3.05. The smallest absolute Gasteiger partial charge is 0.256 e. The number of methoxy groups -OCH3 is 2. The van der Waals surface area contributed by atoms with Gasteiger partial charge in [-0.25, -0.2) is 0 Å². The highest BCUT2D eigenvalue weighted by Gasteiger charge is 2.16. The van der Waals surface area contributed by atoms with Crippen molar-refractivity contribution in [2.75, 3.05) is 19.5 Å². The Morgan fingerprint density at radius 3 is 2.62 bits per heavy atom. The molecule has 0 fully saturated rings. The van der Waals surface area contributed by atoms with E-state index in [9.17, 15) is 4.79 Å². The van der Waals surface area contributed by atoms with Gasteiger partial charge in [0.25, 0.3) is 5.91 Å². The lowest BCUT2D eigenvalue weighted by atomic mass is 10.1. The summed E-state index contributed by atoms with van der Waals surface area (Å²) in [6.45, 7) is 0. The zero-order valence-corrected chi connectivity index (χ0v) is 14.8. The van der Waals surface area contributed by atoms with Crippen LogP contribution in [-0.2, 0) is 0 Å². The van der Waals surface area contributed by atoms with Crippen LogP contribution >= 0.6 is 15.9 Å². The number of rotatable bonds is 4. The van der Waals surface area contributed by atoms with Crippen molar-refractivity contribution in [3.63, 3.8) is 0 Å². The van der Waals surface area contributed by atoms with E-state index in [1.54, 1.807) is 31.6 Å². The van der Waals surface area contributed by atoms with Crippen molar-refractivity contribution in [3.05, 3.63) is 58.8 Å². The third-order valence-corrected chi connectivity index (χ3v) is 4.30. The van der Waals surface area contributed by atoms with E-state index in [-0.39, 0.29) is 5.91 Å². The lowest BCUT2D eigenvalue weighted by molar-refractivity contribution is 0.102. The highest BCUT2D eigenvalue weighted by atomic mass is 79.9. The summed E-state index contributed by atoms with van der Waals surface area (Å²) in [6.07, 6.45) is 3.46. The van der Waals surface area contributed by atoms with Crippen molar-refractivity contribution in [3.8, 4) is 11.5 Å². The molecule has 1 aromatic heterocycles. The van der Waals surface area contributed by atoms with Crippen LogP contribution in [0.25, 0.3) is 10.8 Å². The van der Waals surface area contributed by atoms with Gasteiger partial charge in [0.05, 0.1) is 19.8 Å². The number of anilines is 1. The molecule has 122 valence electrons. The number of fused-ring (bicyclic) bond motifs is 1. The first-order valence-electron chi connectivity index (χ1n) is 7.19. The minimum atomic E-state index is -0.243. The maximum atomic E-state index is 12.7. The molecule has 0 atom stereocenters. The molecule has 5 nitrogen and oxygen atoms in total. The number of benzene rings is 2. The molecule has 0 aliphatic rings. The Kier molecular flexibility index (Phi) is 4.66. The maximum absolute atomic E-state index is 12.7. The molecule has 3 rings (SSSR count). The number of carbonyl (C=O) groups excluding carboxylic acids is 1. The van der Waals surface area contributed by atoms with Crippen LogP contribution in [0.1, 0.15) is 10.4 Å². The summed E-state index contributed by atoms with van der Waals surface area (Å²) in [7, 11) is 3.08. The van der Waals surface area contributed by atoms with Crippen LogP contribution in [0.15, 0.2) is 53.3 Å². The van der Waals surface area contributed by atoms with Gasteiger partial charge in [0.1, 0.15) is 0 Å². The molecule has 3 aromatic rings. The summed E-state index contributed by atoms with van der Waals surface area (Å²) in [4.78, 5) is 16.8. The minimum Gasteiger partial charge on any atom is -0.493 e. The van der Waals surface area contributed by atoms with Crippen molar-refractivity contribution < 1.29 is 14.3 Å². The van der Waals surface area contributed by atoms with Gasteiger partial charge in [-0.15, -0.1) is 0 Å². The van der Waals surface area contributed by atoms with Gasteiger partial charge in [-0.2, -0.15) is 0 Å². The van der Waals surface area contributed by atoms with Crippen molar-refractivity contribution in [2.45, 2.75) is 0 Å². The average Bonchev–Trinajstić information content (AvgIpc) is 2.61. The van der Waals surface area contributed by atoms with Crippen LogP contribution in [-0.4, -0.2) is 25.1 Å². The Morgan fingerprint density at radius 1 is 1.12 bits per heavy atom. The maximum Gasteiger partial charge on any atom is 0.256 e. The monoisotopic (exact) mass is 386 g/mol. The van der Waals surface area contributed by atoms with Crippen molar-refractivity contribution in [2.24, 2.45) is 0 Å². The van der Waals surface area contributed by atoms with Gasteiger partial charge in [-0.05, 0) is 40.2 Å². The number of hydrogen-bond acceptors (Lipinski definition) is 4. The van der Waals surface area contributed by atoms with E-state index in [0.717, 1.165) is 16.5 Å². The molecule has 6 heteroatoms. The number of nitrogens with one attached hydrogen (secondary N) is 1. The fourth-order valence-corrected chi connectivity index (χ4v) is 2.95. The van der Waals surface area contributed by atoms with Gasteiger partial charge in [0.15, 0.2) is 11.5 Å². The van der Waals surface area contributed by atoms with E-state index in [4.69, 9.17) is 9.47 Å². The van der Waals surface area contributed by atoms with Crippen molar-refractivity contribution >= 4 is 38.3 Å². The zero-order chi connectivity index (χ0) is 17.1. The topological polar surface area (TPSA) is 60.5 Å². The predicted molar refractivity (Wildman–Crippen MR) is 96.9 cm³/mol. The van der Waals surface area contributed by atoms with E-state index in [1.807, 2.05) is 24.3 Å². The summed E-state index contributed by atoms with van der Waals surface area (Å²) in [5.74, 6) is 0.803. The van der Waals surface area contributed by atoms with E-state index in [0.29, 0.717) is 21.5 Å². The van der Waals surface area contributed by atoms with Crippen LogP contribution in [0, 0.1) is 0 Å². The van der Waals surface area contributed by atoms with E-state index >= 15 is 0 Å². The summed E-state index contributed by atoms with van der Waals surface area (Å²) in [5.41, 5.74) is 1.18. The Labute approximate surface area is 147 Å². The summed E-state index contributed by atoms with van der Waals surface area (Å²) >= 11 is 3.41. The van der Waals surface area contributed by atoms with Crippen molar-refractivity contribution in [1.29, 1.82) is 0 Å². The lowest BCUT2D eigenvalue weighted by Gasteiger charge is -2.13. The molecular formula is C18H15BrN2O3. The number of carbonyl (C=O) groups is 1. The highest BCUT2D eigenvalue weighted by Crippen LogP contribution is 2.34. The number of nitrogens with zero attached hydrogens (tertiary/aromatic N) is 1. The summed E-state index contributed by atoms with van der Waals surface area (Å²) in [5, 5.41) is 4.83. The SMILES string of the molecule is COc1cc(Br)c(C(=O)Nc2cccc3cnccc23)cc1OC. The van der Waals surface area contributed by atoms with E-state index < -0.39 is 0 Å². The van der Waals surface area contributed by atoms with Gasteiger partial charge < -0.3 is 14.8 Å². The Hall–Kier alpha value is -2.60.